The minimum atomic E-state index is -5.08. The highest BCUT2D eigenvalue weighted by Gasteiger charge is 2.42. The summed E-state index contributed by atoms with van der Waals surface area (Å²) < 4.78 is 31.7. The molecule has 666 valence electrons. The number of hydrogen-bond acceptors (Lipinski definition) is 19. The molecule has 40 heteroatoms. The number of unbranched alkanes of at least 4 members (excludes halogenated alkanes) is 1. The standard InChI is InChI=1S/C82H103ClN18O16.C2HF3O2/c1-45(2)35-60(72(107)92-59(16-9-10-33-87-46(3)4)80(115)101-34-12-17-68(101)79(114)88-47(5)70(84)105)93-74(109)63(38-51-23-30-58(31-24-51)91-81(85)116)95-76(111)64(39-50-21-28-57(29-22-50)90-71(106)66-42-69(104)100-82(117)99-66)97-78(113)67(44-102)98-77(112)65(41-53-13-11-32-86-43-53)96-75(110)62(37-49-19-26-56(83)27-20-49)94-73(108)61(89-48(6)103)40-52-18-25-54-14-7-8-15-55(54)36-52;3-2(4,5)1(6)7/h7-8,11,13-15,18-32,36,43,45-47,59-68,87,102H,9-10,12,16-17,33-35,37-42,44H2,1-6H3,(H2,84,105)(H,88,114)(H,89,103)(H,90,106)(H,92,107)(H,93,109)(H,94,108)(H,95,111)(H,96,110)(H,97,113)(H,98,112)(H3,85,91,116)(H2,99,100,104,117);(H,6,7)/t47-,59+,60+,61-,62-,63-,64+,65-,66+,67+,68+;/m1./s1. The first kappa shape index (κ1) is 97.9. The van der Waals surface area contributed by atoms with E-state index < -0.39 is 180 Å². The van der Waals surface area contributed by atoms with E-state index in [1.807, 2.05) is 61.6 Å². The molecular weight excluding hydrogens is 1640 g/mol. The van der Waals surface area contributed by atoms with Crippen molar-refractivity contribution in [1.29, 1.82) is 0 Å². The lowest BCUT2D eigenvalue weighted by Crippen LogP contribution is -2.62. The van der Waals surface area contributed by atoms with Gasteiger partial charge in [-0.25, -0.2) is 14.4 Å². The Bertz CT molecular complexity index is 4770. The quantitative estimate of drug-likeness (QED) is 0.0245. The summed E-state index contributed by atoms with van der Waals surface area (Å²) in [7, 11) is 0. The Morgan fingerprint density at radius 1 is 0.556 bits per heavy atom. The molecule has 3 heterocycles. The van der Waals surface area contributed by atoms with Crippen LogP contribution in [0, 0.1) is 5.92 Å². The number of urea groups is 2. The number of likely N-dealkylation sites (tertiary alicyclic amines) is 1. The number of fused-ring (bicyclic) bond motifs is 1. The zero-order chi connectivity index (χ0) is 91.1. The van der Waals surface area contributed by atoms with Gasteiger partial charge in [0.25, 0.3) is 0 Å². The molecule has 0 saturated carbocycles. The third-order valence-electron chi connectivity index (χ3n) is 19.7. The summed E-state index contributed by atoms with van der Waals surface area (Å²) in [4.78, 5) is 222. The second-order valence-corrected chi connectivity index (χ2v) is 31.0. The molecule has 0 spiro atoms. The van der Waals surface area contributed by atoms with Crippen molar-refractivity contribution in [3.63, 3.8) is 0 Å². The highest BCUT2D eigenvalue weighted by atomic mass is 35.5. The number of imide groups is 1. The number of anilines is 2. The molecule has 17 amide bonds. The molecule has 124 heavy (non-hydrogen) atoms. The monoisotopic (exact) mass is 1740 g/mol. The number of alkyl halides is 3. The number of nitrogens with zero attached hydrogens (tertiary/aromatic N) is 2. The Morgan fingerprint density at radius 2 is 1.02 bits per heavy atom. The van der Waals surface area contributed by atoms with E-state index in [0.29, 0.717) is 53.1 Å². The lowest BCUT2D eigenvalue weighted by Gasteiger charge is -2.31. The topological polar surface area (TPSA) is 550 Å². The van der Waals surface area contributed by atoms with Crippen LogP contribution in [0.1, 0.15) is 114 Å². The van der Waals surface area contributed by atoms with Crippen LogP contribution in [0.15, 0.2) is 140 Å². The van der Waals surface area contributed by atoms with Crippen molar-refractivity contribution in [2.24, 2.45) is 17.4 Å². The van der Waals surface area contributed by atoms with Crippen LogP contribution in [-0.2, 0) is 99.2 Å². The number of primary amides is 2. The number of aromatic nitrogens is 1. The zero-order valence-electron chi connectivity index (χ0n) is 68.9. The van der Waals surface area contributed by atoms with E-state index >= 15 is 14.4 Å². The van der Waals surface area contributed by atoms with Crippen LogP contribution in [-0.4, -0.2) is 213 Å². The summed E-state index contributed by atoms with van der Waals surface area (Å²) in [6.45, 7) is 9.74. The van der Waals surface area contributed by atoms with Gasteiger partial charge in [-0.05, 0) is 139 Å². The van der Waals surface area contributed by atoms with E-state index in [9.17, 15) is 75.8 Å². The fourth-order valence-corrected chi connectivity index (χ4v) is 13.5. The normalized spacial score (nSPS) is 15.9. The molecule has 0 aliphatic carbocycles. The lowest BCUT2D eigenvalue weighted by molar-refractivity contribution is -0.192. The minimum absolute atomic E-state index is 0.00410. The first-order chi connectivity index (χ1) is 58.7. The smallest absolute Gasteiger partial charge is 0.475 e. The molecule has 2 aliphatic heterocycles. The number of aliphatic hydroxyl groups is 1. The molecule has 0 bridgehead atoms. The lowest BCUT2D eigenvalue weighted by atomic mass is 9.99. The van der Waals surface area contributed by atoms with E-state index in [-0.39, 0.29) is 86.8 Å². The van der Waals surface area contributed by atoms with Crippen molar-refractivity contribution in [3.8, 4) is 0 Å². The average molecular weight is 1750 g/mol. The Hall–Kier alpha value is -13.2. The number of aliphatic carboxylic acids is 1. The van der Waals surface area contributed by atoms with Gasteiger partial charge in [0.15, 0.2) is 0 Å². The number of carbonyl (C=O) groups is 16. The molecule has 11 atom stereocenters. The van der Waals surface area contributed by atoms with E-state index in [0.717, 1.165) is 10.8 Å². The van der Waals surface area contributed by atoms with Gasteiger partial charge >= 0.3 is 24.2 Å². The number of aliphatic hydroxyl groups excluding tert-OH is 1. The van der Waals surface area contributed by atoms with Gasteiger partial charge in [0.2, 0.25) is 76.8 Å². The summed E-state index contributed by atoms with van der Waals surface area (Å²) >= 11 is 6.27. The Balaban J connectivity index is 0.00000289. The van der Waals surface area contributed by atoms with Gasteiger partial charge in [-0.2, -0.15) is 13.2 Å². The molecule has 36 nitrogen and oxygen atoms in total. The Morgan fingerprint density at radius 3 is 1.51 bits per heavy atom. The summed E-state index contributed by atoms with van der Waals surface area (Å²) in [5.74, 6) is -13.7. The summed E-state index contributed by atoms with van der Waals surface area (Å²) in [5, 5.41) is 57.5. The number of carboxylic acid groups (broad SMARTS) is 1. The Kier molecular flexibility index (Phi) is 37.4. The van der Waals surface area contributed by atoms with Gasteiger partial charge in [-0.3, -0.25) is 72.6 Å². The number of rotatable bonds is 41. The highest BCUT2D eigenvalue weighted by Crippen LogP contribution is 2.24. The summed E-state index contributed by atoms with van der Waals surface area (Å²) in [6.07, 6.45) is -2.05. The fraction of sp³-hybridized carbons (Fsp3) is 0.417. The number of nitrogens with two attached hydrogens (primary N) is 2. The maximum Gasteiger partial charge on any atom is 0.490 e. The SMILES string of the molecule is CC(=O)N[C@H](Cc1ccc2ccccc2c1)C(=O)N[C@H](Cc1ccc(Cl)cc1)C(=O)N[C@H](Cc1cccnc1)C(=O)N[C@@H](CO)C(=O)N[C@@H](Cc1ccc(NC(=O)[C@@H]2CC(=O)NC(=O)N2)cc1)C(=O)N[C@H](Cc1ccc(NC(N)=O)cc1)C(=O)N[C@@H](CC(C)C)C(=O)N[C@@H](CCCCNC(C)C)C(=O)N1CCC[C@H]1C(=O)N[C@H](C)C(N)=O.O=C(O)C(F)(F)F. The van der Waals surface area contributed by atoms with Crippen molar-refractivity contribution in [3.05, 3.63) is 173 Å². The number of halogens is 4. The number of amides is 17. The van der Waals surface area contributed by atoms with Gasteiger partial charge in [0.1, 0.15) is 66.5 Å². The van der Waals surface area contributed by atoms with Gasteiger partial charge in [-0.1, -0.05) is 124 Å². The van der Waals surface area contributed by atoms with Crippen molar-refractivity contribution in [1.82, 2.24) is 73.7 Å². The summed E-state index contributed by atoms with van der Waals surface area (Å²) in [5.41, 5.74) is 13.6. The predicted octanol–water partition coefficient (Wildman–Crippen LogP) is 2.15. The molecule has 8 rings (SSSR count). The highest BCUT2D eigenvalue weighted by molar-refractivity contribution is 6.30. The largest absolute Gasteiger partial charge is 0.490 e. The van der Waals surface area contributed by atoms with E-state index in [1.165, 1.54) is 79.7 Å². The number of carbonyl (C=O) groups excluding carboxylic acids is 15. The molecule has 2 fully saturated rings. The maximum absolute atomic E-state index is 15.5. The van der Waals surface area contributed by atoms with Crippen molar-refractivity contribution >= 4 is 129 Å². The van der Waals surface area contributed by atoms with Crippen LogP contribution in [0.3, 0.4) is 0 Å². The second kappa shape index (κ2) is 47.3. The molecule has 0 unspecified atom stereocenters. The third-order valence-corrected chi connectivity index (χ3v) is 19.9. The van der Waals surface area contributed by atoms with Crippen LogP contribution < -0.4 is 85.9 Å². The molecule has 2 aliphatic rings. The van der Waals surface area contributed by atoms with Crippen molar-refractivity contribution in [2.45, 2.75) is 197 Å². The number of pyridine rings is 1. The van der Waals surface area contributed by atoms with E-state index in [4.69, 9.17) is 33.0 Å². The van der Waals surface area contributed by atoms with Crippen LogP contribution in [0.25, 0.3) is 10.8 Å². The zero-order valence-corrected chi connectivity index (χ0v) is 69.6. The van der Waals surface area contributed by atoms with Crippen LogP contribution in [0.4, 0.5) is 34.1 Å². The van der Waals surface area contributed by atoms with Crippen molar-refractivity contribution in [2.75, 3.05) is 30.3 Å². The minimum Gasteiger partial charge on any atom is -0.475 e. The number of nitrogens with one attached hydrogen (secondary N) is 14. The molecule has 5 aromatic carbocycles. The average Bonchev–Trinajstić information content (AvgIpc) is 1.45. The maximum atomic E-state index is 15.5. The number of hydrogen-bond donors (Lipinski definition) is 18. The van der Waals surface area contributed by atoms with Gasteiger partial charge in [0.05, 0.1) is 13.0 Å². The molecule has 0 radical (unpaired) electrons. The second-order valence-electron chi connectivity index (χ2n) is 30.6. The van der Waals surface area contributed by atoms with E-state index in [2.05, 4.69) is 74.1 Å². The molecule has 20 N–H and O–H groups in total. The Labute approximate surface area is 716 Å². The molecular formula is C84H104ClF3N18O18. The van der Waals surface area contributed by atoms with Crippen molar-refractivity contribution < 1.29 is 100 Å². The summed E-state index contributed by atoms with van der Waals surface area (Å²) in [6, 6.07) is 17.3. The van der Waals surface area contributed by atoms with Crippen LogP contribution in [0.2, 0.25) is 5.02 Å². The van der Waals surface area contributed by atoms with Crippen LogP contribution in [0.5, 0.6) is 0 Å². The van der Waals surface area contributed by atoms with Crippen LogP contribution >= 0.6 is 11.6 Å². The van der Waals surface area contributed by atoms with E-state index in [1.54, 1.807) is 50.2 Å². The first-order valence-electron chi connectivity index (χ1n) is 39.9. The predicted molar refractivity (Wildman–Crippen MR) is 448 cm³/mol. The molecule has 6 aromatic rings. The molecule has 2 saturated heterocycles. The van der Waals surface area contributed by atoms with Gasteiger partial charge in [0, 0.05) is 80.4 Å². The third kappa shape index (κ3) is 32.0. The number of benzene rings is 5. The van der Waals surface area contributed by atoms with Gasteiger partial charge in [-0.15, -0.1) is 0 Å². The first-order valence-corrected chi connectivity index (χ1v) is 40.3. The number of carboxylic acids is 1. The fourth-order valence-electron chi connectivity index (χ4n) is 13.4. The van der Waals surface area contributed by atoms with Gasteiger partial charge < -0.3 is 95.7 Å². The molecule has 1 aromatic heterocycles.